The molecular formula is C48H29N3S. The summed E-state index contributed by atoms with van der Waals surface area (Å²) in [5.41, 5.74) is 9.96. The second-order valence-corrected chi connectivity index (χ2v) is 14.4. The summed E-state index contributed by atoms with van der Waals surface area (Å²) >= 11 is 1.78. The highest BCUT2D eigenvalue weighted by molar-refractivity contribution is 7.26. The Hall–Kier alpha value is -6.62. The molecule has 0 saturated carbocycles. The Balaban J connectivity index is 1.23. The molecule has 0 spiro atoms. The second kappa shape index (κ2) is 11.5. The molecule has 0 aliphatic carbocycles. The van der Waals surface area contributed by atoms with Crippen molar-refractivity contribution in [3.8, 4) is 39.5 Å². The Morgan fingerprint density at radius 1 is 0.404 bits per heavy atom. The van der Waals surface area contributed by atoms with Gasteiger partial charge in [0.1, 0.15) is 0 Å². The molecule has 0 aliphatic heterocycles. The first kappa shape index (κ1) is 29.1. The van der Waals surface area contributed by atoms with Crippen LogP contribution in [0.3, 0.4) is 0 Å². The van der Waals surface area contributed by atoms with Crippen LogP contribution in [0.4, 0.5) is 0 Å². The predicted octanol–water partition coefficient (Wildman–Crippen LogP) is 13.2. The first-order valence-electron chi connectivity index (χ1n) is 17.6. The summed E-state index contributed by atoms with van der Waals surface area (Å²) in [6.07, 6.45) is 0. The first-order valence-corrected chi connectivity index (χ1v) is 18.4. The fourth-order valence-corrected chi connectivity index (χ4v) is 9.14. The van der Waals surface area contributed by atoms with E-state index in [1.165, 1.54) is 59.3 Å². The lowest BCUT2D eigenvalue weighted by atomic mass is 10.00. The fraction of sp³-hybridized carbons (Fsp3) is 0. The topological polar surface area (TPSA) is 30.7 Å². The third-order valence-corrected chi connectivity index (χ3v) is 11.6. The summed E-state index contributed by atoms with van der Waals surface area (Å²) in [5, 5.41) is 8.49. The molecule has 4 heteroatoms. The smallest absolute Gasteiger partial charge is 0.235 e. The molecule has 3 aromatic heterocycles. The summed E-state index contributed by atoms with van der Waals surface area (Å²) in [7, 11) is 0. The van der Waals surface area contributed by atoms with Crippen molar-refractivity contribution >= 4 is 75.0 Å². The Bertz CT molecular complexity index is 3070. The van der Waals surface area contributed by atoms with Crippen molar-refractivity contribution in [2.75, 3.05) is 0 Å². The van der Waals surface area contributed by atoms with Crippen LogP contribution >= 0.6 is 11.3 Å². The summed E-state index contributed by atoms with van der Waals surface area (Å²) in [6, 6.07) is 63.0. The molecule has 0 aliphatic rings. The van der Waals surface area contributed by atoms with Crippen LogP contribution in [0, 0.1) is 0 Å². The average Bonchev–Trinajstić information content (AvgIpc) is 3.77. The maximum Gasteiger partial charge on any atom is 0.235 e. The van der Waals surface area contributed by atoms with Crippen LogP contribution < -0.4 is 0 Å². The largest absolute Gasteiger partial charge is 0.278 e. The van der Waals surface area contributed by atoms with Gasteiger partial charge in [-0.1, -0.05) is 158 Å². The highest BCUT2D eigenvalue weighted by atomic mass is 32.1. The zero-order valence-electron chi connectivity index (χ0n) is 28.0. The SMILES string of the molecule is c1ccc(-c2ccc(-c3nc(-n4c5ccc6ccccc6c5c5c6ccccc6ccc54)nc4c3sc3cc(-c5ccccc5)ccc34)cc2)cc1. The second-order valence-electron chi connectivity index (χ2n) is 13.4. The monoisotopic (exact) mass is 679 g/mol. The van der Waals surface area contributed by atoms with Crippen molar-refractivity contribution in [3.05, 3.63) is 176 Å². The van der Waals surface area contributed by atoms with E-state index >= 15 is 0 Å². The van der Waals surface area contributed by atoms with Gasteiger partial charge in [-0.25, -0.2) is 9.97 Å². The van der Waals surface area contributed by atoms with Gasteiger partial charge < -0.3 is 0 Å². The van der Waals surface area contributed by atoms with Gasteiger partial charge in [-0.05, 0) is 62.0 Å². The number of hydrogen-bond acceptors (Lipinski definition) is 3. The molecule has 0 radical (unpaired) electrons. The summed E-state index contributed by atoms with van der Waals surface area (Å²) in [4.78, 5) is 11.0. The Labute approximate surface area is 303 Å². The Morgan fingerprint density at radius 3 is 1.56 bits per heavy atom. The normalized spacial score (nSPS) is 11.8. The van der Waals surface area contributed by atoms with Gasteiger partial charge in [0.2, 0.25) is 5.95 Å². The molecule has 0 bridgehead atoms. The number of aromatic nitrogens is 3. The molecular weight excluding hydrogens is 651 g/mol. The quantitative estimate of drug-likeness (QED) is 0.185. The number of fused-ring (bicyclic) bond motifs is 10. The van der Waals surface area contributed by atoms with E-state index in [9.17, 15) is 0 Å². The van der Waals surface area contributed by atoms with Crippen molar-refractivity contribution in [1.29, 1.82) is 0 Å². The molecule has 11 aromatic rings. The minimum Gasteiger partial charge on any atom is -0.278 e. The molecule has 0 amide bonds. The van der Waals surface area contributed by atoms with E-state index in [4.69, 9.17) is 9.97 Å². The number of benzene rings is 8. The van der Waals surface area contributed by atoms with E-state index in [1.807, 2.05) is 0 Å². The van der Waals surface area contributed by atoms with Gasteiger partial charge in [-0.3, -0.25) is 4.57 Å². The van der Waals surface area contributed by atoms with E-state index in [-0.39, 0.29) is 0 Å². The molecule has 242 valence electrons. The fourth-order valence-electron chi connectivity index (χ4n) is 7.95. The lowest BCUT2D eigenvalue weighted by molar-refractivity contribution is 1.02. The maximum atomic E-state index is 5.51. The van der Waals surface area contributed by atoms with E-state index in [1.54, 1.807) is 11.3 Å². The summed E-state index contributed by atoms with van der Waals surface area (Å²) < 4.78 is 4.57. The van der Waals surface area contributed by atoms with Crippen LogP contribution in [0.25, 0.3) is 103 Å². The minimum absolute atomic E-state index is 0.673. The van der Waals surface area contributed by atoms with E-state index in [2.05, 4.69) is 180 Å². The molecule has 8 aromatic carbocycles. The molecule has 0 N–H and O–H groups in total. The average molecular weight is 680 g/mol. The van der Waals surface area contributed by atoms with Gasteiger partial charge in [0.25, 0.3) is 0 Å². The molecule has 0 saturated heterocycles. The molecule has 52 heavy (non-hydrogen) atoms. The first-order chi connectivity index (χ1) is 25.8. The van der Waals surface area contributed by atoms with Crippen LogP contribution in [-0.4, -0.2) is 14.5 Å². The van der Waals surface area contributed by atoms with E-state index in [0.717, 1.165) is 37.9 Å². The Kier molecular flexibility index (Phi) is 6.42. The number of thiophene rings is 1. The molecule has 11 rings (SSSR count). The van der Waals surface area contributed by atoms with Crippen molar-refractivity contribution in [3.63, 3.8) is 0 Å². The highest BCUT2D eigenvalue weighted by Gasteiger charge is 2.22. The third-order valence-electron chi connectivity index (χ3n) is 10.4. The zero-order valence-corrected chi connectivity index (χ0v) is 28.8. The number of rotatable bonds is 4. The van der Waals surface area contributed by atoms with Crippen LogP contribution in [0.15, 0.2) is 176 Å². The van der Waals surface area contributed by atoms with Crippen molar-refractivity contribution < 1.29 is 0 Å². The molecule has 3 nitrogen and oxygen atoms in total. The number of hydrogen-bond donors (Lipinski definition) is 0. The molecule has 3 heterocycles. The highest BCUT2D eigenvalue weighted by Crippen LogP contribution is 2.43. The van der Waals surface area contributed by atoms with Gasteiger partial charge >= 0.3 is 0 Å². The van der Waals surface area contributed by atoms with Crippen LogP contribution in [0.2, 0.25) is 0 Å². The molecule has 0 fully saturated rings. The van der Waals surface area contributed by atoms with Crippen LogP contribution in [0.1, 0.15) is 0 Å². The van der Waals surface area contributed by atoms with Gasteiger partial charge in [0, 0.05) is 26.4 Å². The Morgan fingerprint density at radius 2 is 0.923 bits per heavy atom. The van der Waals surface area contributed by atoms with Gasteiger partial charge in [-0.15, -0.1) is 11.3 Å². The van der Waals surface area contributed by atoms with Gasteiger partial charge in [-0.2, -0.15) is 0 Å². The lowest BCUT2D eigenvalue weighted by Gasteiger charge is -2.11. The molecule has 0 atom stereocenters. The van der Waals surface area contributed by atoms with Crippen LogP contribution in [-0.2, 0) is 0 Å². The van der Waals surface area contributed by atoms with Crippen molar-refractivity contribution in [1.82, 2.24) is 14.5 Å². The van der Waals surface area contributed by atoms with Gasteiger partial charge in [0.15, 0.2) is 0 Å². The van der Waals surface area contributed by atoms with E-state index < -0.39 is 0 Å². The summed E-state index contributed by atoms with van der Waals surface area (Å²) in [6.45, 7) is 0. The summed E-state index contributed by atoms with van der Waals surface area (Å²) in [5.74, 6) is 0.673. The van der Waals surface area contributed by atoms with Crippen LogP contribution in [0.5, 0.6) is 0 Å². The lowest BCUT2D eigenvalue weighted by Crippen LogP contribution is -2.02. The molecule has 0 unspecified atom stereocenters. The standard InChI is InChI=1S/C48H29N3S/c1-3-11-30(12-4-1)32-19-21-35(22-20-32)45-47-46(39-26-23-36(29-42(39)52-47)31-13-5-2-6-14-31)50-48(49-45)51-40-27-24-33-15-7-9-17-37(33)43(40)44-38-18-10-8-16-34(38)25-28-41(44)51/h1-29H. The van der Waals surface area contributed by atoms with Gasteiger partial charge in [0.05, 0.1) is 26.9 Å². The van der Waals surface area contributed by atoms with Crippen molar-refractivity contribution in [2.24, 2.45) is 0 Å². The predicted molar refractivity (Wildman–Crippen MR) is 221 cm³/mol. The zero-order chi connectivity index (χ0) is 34.2. The van der Waals surface area contributed by atoms with Crippen molar-refractivity contribution in [2.45, 2.75) is 0 Å². The number of nitrogens with zero attached hydrogens (tertiary/aromatic N) is 3. The minimum atomic E-state index is 0.673. The van der Waals surface area contributed by atoms with E-state index in [0.29, 0.717) is 5.95 Å². The third kappa shape index (κ3) is 4.45. The maximum absolute atomic E-state index is 5.51.